The molecule has 1 heterocycles. The first kappa shape index (κ1) is 32.8. The third-order valence-electron chi connectivity index (χ3n) is 7.12. The van der Waals surface area contributed by atoms with Gasteiger partial charge in [-0.1, -0.05) is 54.9 Å². The van der Waals surface area contributed by atoms with Crippen molar-refractivity contribution in [1.82, 2.24) is 15.3 Å². The predicted octanol–water partition coefficient (Wildman–Crippen LogP) is 7.72. The van der Waals surface area contributed by atoms with Crippen molar-refractivity contribution in [3.8, 4) is 17.0 Å². The number of thioether (sulfide) groups is 1. The van der Waals surface area contributed by atoms with E-state index < -0.39 is 11.2 Å². The van der Waals surface area contributed by atoms with Gasteiger partial charge in [0.05, 0.1) is 57.8 Å². The zero-order valence-electron chi connectivity index (χ0n) is 24.9. The Balaban J connectivity index is 1.62. The van der Waals surface area contributed by atoms with Crippen molar-refractivity contribution < 1.29 is 22.8 Å². The van der Waals surface area contributed by atoms with Crippen LogP contribution in [0.3, 0.4) is 0 Å². The Morgan fingerprint density at radius 2 is 1.74 bits per heavy atom. The predicted molar refractivity (Wildman–Crippen MR) is 170 cm³/mol. The number of carbonyl (C=O) groups excluding carboxylic acids is 1. The van der Waals surface area contributed by atoms with Gasteiger partial charge < -0.3 is 19.5 Å². The van der Waals surface area contributed by atoms with Gasteiger partial charge in [-0.2, -0.15) is 0 Å². The van der Waals surface area contributed by atoms with Crippen LogP contribution in [-0.4, -0.2) is 61.7 Å². The number of quaternary nitrogens is 1. The van der Waals surface area contributed by atoms with E-state index in [1.807, 2.05) is 47.1 Å². The summed E-state index contributed by atoms with van der Waals surface area (Å²) in [4.78, 5) is 20.8. The number of rotatable bonds is 11. The van der Waals surface area contributed by atoms with Crippen LogP contribution in [-0.2, 0) is 11.2 Å². The first-order valence-electron chi connectivity index (χ1n) is 13.6. The van der Waals surface area contributed by atoms with Gasteiger partial charge in [0, 0.05) is 32.9 Å². The van der Waals surface area contributed by atoms with Crippen molar-refractivity contribution in [3.63, 3.8) is 0 Å². The maximum absolute atomic E-state index is 15.2. The maximum Gasteiger partial charge on any atom is 0.251 e. The molecular formula is C32H35Cl2F2N4O2S+. The molecule has 0 aliphatic carbocycles. The standard InChI is InChI=1S/C32H34Cl2F2N4O2S/c1-32(2,21-9-12-24(33)27(17-21)42-6)29-28(19-7-10-22(35)11-8-19)38-31(39-29)43-18-23-25(34)15-20(16-26(23)36)30(41)37-13-14-40(3,4)5/h7-12,15-17H,13-14,18H2,1-6H3,(H-,37,38,39,41)/p+1. The van der Waals surface area contributed by atoms with E-state index in [0.717, 1.165) is 23.4 Å². The van der Waals surface area contributed by atoms with Gasteiger partial charge in [0.15, 0.2) is 5.16 Å². The average Bonchev–Trinajstić information content (AvgIpc) is 3.37. The second kappa shape index (κ2) is 13.3. The second-order valence-electron chi connectivity index (χ2n) is 11.7. The summed E-state index contributed by atoms with van der Waals surface area (Å²) in [5, 5.41) is 3.99. The van der Waals surface area contributed by atoms with E-state index in [-0.39, 0.29) is 33.6 Å². The molecule has 0 fully saturated rings. The molecule has 1 amide bonds. The number of halogens is 4. The lowest BCUT2D eigenvalue weighted by molar-refractivity contribution is -0.869. The second-order valence-corrected chi connectivity index (χ2v) is 13.5. The van der Waals surface area contributed by atoms with Gasteiger partial charge in [0.25, 0.3) is 5.91 Å². The molecule has 3 aromatic carbocycles. The number of nitrogens with zero attached hydrogens (tertiary/aromatic N) is 2. The molecule has 4 rings (SSSR count). The van der Waals surface area contributed by atoms with Crippen LogP contribution < -0.4 is 10.1 Å². The number of likely N-dealkylation sites (N-methyl/N-ethyl adjacent to an activating group) is 1. The van der Waals surface area contributed by atoms with Crippen molar-refractivity contribution >= 4 is 40.9 Å². The lowest BCUT2D eigenvalue weighted by atomic mass is 9.79. The lowest BCUT2D eigenvalue weighted by Crippen LogP contribution is -2.41. The molecule has 0 atom stereocenters. The number of carbonyl (C=O) groups is 1. The Bertz CT molecular complexity index is 1600. The van der Waals surface area contributed by atoms with Crippen molar-refractivity contribution in [2.45, 2.75) is 30.2 Å². The normalized spacial score (nSPS) is 12.0. The summed E-state index contributed by atoms with van der Waals surface area (Å²) >= 11 is 14.0. The Hall–Kier alpha value is -3.11. The molecule has 6 nitrogen and oxygen atoms in total. The highest BCUT2D eigenvalue weighted by Crippen LogP contribution is 2.41. The molecule has 0 aliphatic heterocycles. The van der Waals surface area contributed by atoms with Crippen molar-refractivity contribution in [3.05, 3.63) is 98.7 Å². The molecule has 0 saturated heterocycles. The SMILES string of the molecule is COc1cc(C(C)(C)c2[nH]c(SCc3c(F)cc(C(=O)NCC[N+](C)(C)C)cc3Cl)nc2-c2ccc(F)cc2)ccc1Cl. The molecule has 4 aromatic rings. The molecule has 0 spiro atoms. The highest BCUT2D eigenvalue weighted by Gasteiger charge is 2.31. The van der Waals surface area contributed by atoms with Gasteiger partial charge in [-0.25, -0.2) is 13.8 Å². The van der Waals surface area contributed by atoms with Crippen LogP contribution in [0.15, 0.2) is 59.8 Å². The molecule has 43 heavy (non-hydrogen) atoms. The van der Waals surface area contributed by atoms with Gasteiger partial charge in [0.1, 0.15) is 17.4 Å². The van der Waals surface area contributed by atoms with E-state index in [1.54, 1.807) is 25.3 Å². The molecular weight excluding hydrogens is 613 g/mol. The largest absolute Gasteiger partial charge is 0.495 e. The quantitative estimate of drug-likeness (QED) is 0.129. The van der Waals surface area contributed by atoms with E-state index >= 15 is 4.39 Å². The summed E-state index contributed by atoms with van der Waals surface area (Å²) < 4.78 is 35.1. The smallest absolute Gasteiger partial charge is 0.251 e. The first-order valence-corrected chi connectivity index (χ1v) is 15.3. The number of nitrogens with one attached hydrogen (secondary N) is 2. The van der Waals surface area contributed by atoms with Gasteiger partial charge in [-0.3, -0.25) is 4.79 Å². The van der Waals surface area contributed by atoms with Crippen LogP contribution in [0.1, 0.15) is 41.0 Å². The van der Waals surface area contributed by atoms with Crippen molar-refractivity contribution in [2.75, 3.05) is 41.3 Å². The Morgan fingerprint density at radius 3 is 2.37 bits per heavy atom. The summed E-state index contributed by atoms with van der Waals surface area (Å²) in [6.45, 7) is 5.25. The van der Waals surface area contributed by atoms with E-state index in [1.165, 1.54) is 36.0 Å². The van der Waals surface area contributed by atoms with Crippen LogP contribution in [0.25, 0.3) is 11.3 Å². The third kappa shape index (κ3) is 7.89. The monoisotopic (exact) mass is 647 g/mol. The molecule has 11 heteroatoms. The number of methoxy groups -OCH3 is 1. The molecule has 0 radical (unpaired) electrons. The van der Waals surface area contributed by atoms with Crippen LogP contribution in [0, 0.1) is 11.6 Å². The number of hydrogen-bond donors (Lipinski definition) is 2. The number of ether oxygens (including phenoxy) is 1. The minimum Gasteiger partial charge on any atom is -0.495 e. The minimum atomic E-state index is -0.600. The highest BCUT2D eigenvalue weighted by atomic mass is 35.5. The van der Waals surface area contributed by atoms with Crippen LogP contribution >= 0.6 is 35.0 Å². The van der Waals surface area contributed by atoms with Gasteiger partial charge in [0.2, 0.25) is 0 Å². The maximum atomic E-state index is 15.2. The number of benzene rings is 3. The molecule has 0 aliphatic rings. The topological polar surface area (TPSA) is 67.0 Å². The van der Waals surface area contributed by atoms with E-state index in [9.17, 15) is 9.18 Å². The summed E-state index contributed by atoms with van der Waals surface area (Å²) in [6.07, 6.45) is 0. The highest BCUT2D eigenvalue weighted by molar-refractivity contribution is 7.98. The Kier molecular flexibility index (Phi) is 10.1. The molecule has 0 saturated carbocycles. The summed E-state index contributed by atoms with van der Waals surface area (Å²) in [5.41, 5.74) is 2.87. The summed E-state index contributed by atoms with van der Waals surface area (Å²) in [7, 11) is 7.63. The Labute approximate surface area is 265 Å². The van der Waals surface area contributed by atoms with Crippen LogP contribution in [0.2, 0.25) is 10.0 Å². The first-order chi connectivity index (χ1) is 20.2. The number of H-pyrrole nitrogens is 1. The number of aromatic nitrogens is 2. The van der Waals surface area contributed by atoms with Gasteiger partial charge in [-0.15, -0.1) is 0 Å². The summed E-state index contributed by atoms with van der Waals surface area (Å²) in [5.74, 6) is -0.600. The average molecular weight is 649 g/mol. The third-order valence-corrected chi connectivity index (χ3v) is 8.67. The number of amides is 1. The molecule has 0 bridgehead atoms. The molecule has 1 aromatic heterocycles. The van der Waals surface area contributed by atoms with Crippen molar-refractivity contribution in [1.29, 1.82) is 0 Å². The summed E-state index contributed by atoms with van der Waals surface area (Å²) in [6, 6.07) is 14.4. The molecule has 0 unspecified atom stereocenters. The number of imidazole rings is 1. The lowest BCUT2D eigenvalue weighted by Gasteiger charge is -2.26. The van der Waals surface area contributed by atoms with E-state index in [0.29, 0.717) is 32.7 Å². The van der Waals surface area contributed by atoms with Crippen LogP contribution in [0.4, 0.5) is 8.78 Å². The Morgan fingerprint density at radius 1 is 1.05 bits per heavy atom. The fourth-order valence-corrected chi connectivity index (χ4v) is 5.95. The van der Waals surface area contributed by atoms with E-state index in [4.69, 9.17) is 32.9 Å². The van der Waals surface area contributed by atoms with Gasteiger partial charge in [-0.05, 0) is 54.1 Å². The van der Waals surface area contributed by atoms with Crippen LogP contribution in [0.5, 0.6) is 5.75 Å². The van der Waals surface area contributed by atoms with E-state index in [2.05, 4.69) is 10.3 Å². The fourth-order valence-electron chi connectivity index (χ4n) is 4.50. The zero-order valence-corrected chi connectivity index (χ0v) is 27.3. The molecule has 228 valence electrons. The van der Waals surface area contributed by atoms with Crippen molar-refractivity contribution in [2.24, 2.45) is 0 Å². The van der Waals surface area contributed by atoms with Gasteiger partial charge >= 0.3 is 0 Å². The molecule has 2 N–H and O–H groups in total. The minimum absolute atomic E-state index is 0.156. The number of aromatic amines is 1. The zero-order chi connectivity index (χ0) is 31.5. The number of hydrogen-bond acceptors (Lipinski definition) is 4. The fraction of sp³-hybridized carbons (Fsp3) is 0.312.